The SMILES string of the molecule is C=O.CC.CC.COCCCO.COCCCOCOCCCOC. The van der Waals surface area contributed by atoms with E-state index in [1.807, 2.05) is 34.5 Å². The van der Waals surface area contributed by atoms with Gasteiger partial charge in [-0.05, 0) is 19.3 Å². The fourth-order valence-electron chi connectivity index (χ4n) is 0.996. The van der Waals surface area contributed by atoms with Crippen molar-refractivity contribution in [3.05, 3.63) is 0 Å². The molecule has 0 aromatic carbocycles. The minimum absolute atomic E-state index is 0.230. The molecule has 0 aromatic heterocycles. The molecule has 0 aliphatic heterocycles. The minimum Gasteiger partial charge on any atom is -0.396 e. The third kappa shape index (κ3) is 69.6. The van der Waals surface area contributed by atoms with Crippen LogP contribution >= 0.6 is 0 Å². The monoisotopic (exact) mass is 372 g/mol. The topological polar surface area (TPSA) is 83.5 Å². The quantitative estimate of drug-likeness (QED) is 0.393. The Morgan fingerprint density at radius 1 is 0.640 bits per heavy atom. The predicted molar refractivity (Wildman–Crippen MR) is 103 cm³/mol. The average Bonchev–Trinajstić information content (AvgIpc) is 2.70. The first-order valence-corrected chi connectivity index (χ1v) is 8.85. The lowest BCUT2D eigenvalue weighted by molar-refractivity contribution is -0.0980. The van der Waals surface area contributed by atoms with E-state index < -0.39 is 0 Å². The normalized spacial score (nSPS) is 8.32. The first kappa shape index (κ1) is 35.5. The molecule has 0 bridgehead atoms. The van der Waals surface area contributed by atoms with E-state index >= 15 is 0 Å². The number of carbonyl (C=O) groups excluding carboxylic acids is 1. The molecule has 0 amide bonds. The number of hydrogen-bond donors (Lipinski definition) is 1. The predicted octanol–water partition coefficient (Wildman–Crippen LogP) is 2.93. The Balaban J connectivity index is -0.0000000929. The summed E-state index contributed by atoms with van der Waals surface area (Å²) in [6.07, 6.45) is 2.58. The van der Waals surface area contributed by atoms with Gasteiger partial charge in [-0.2, -0.15) is 0 Å². The fraction of sp³-hybridized carbons (Fsp3) is 0.944. The van der Waals surface area contributed by atoms with E-state index in [-0.39, 0.29) is 6.61 Å². The number of carbonyl (C=O) groups is 1. The standard InChI is InChI=1S/C9H20O4.C4H10O2.2C2H6.CH2O/c1-10-5-3-7-12-9-13-8-4-6-11-2;1-6-4-2-3-5;3*1-2/h3-9H2,1-2H3;5H,2-4H2,1H3;2*1-2H3;1H2. The molecule has 0 saturated carbocycles. The molecule has 0 heterocycles. The third-order valence-corrected chi connectivity index (χ3v) is 1.95. The van der Waals surface area contributed by atoms with E-state index in [9.17, 15) is 0 Å². The van der Waals surface area contributed by atoms with Gasteiger partial charge in [0.1, 0.15) is 13.6 Å². The van der Waals surface area contributed by atoms with Gasteiger partial charge in [-0.1, -0.05) is 27.7 Å². The average molecular weight is 373 g/mol. The fourth-order valence-corrected chi connectivity index (χ4v) is 0.996. The van der Waals surface area contributed by atoms with Crippen molar-refractivity contribution in [1.29, 1.82) is 0 Å². The maximum Gasteiger partial charge on any atom is 0.146 e. The molecule has 0 fully saturated rings. The Kier molecular flexibility index (Phi) is 80.4. The molecule has 1 N–H and O–H groups in total. The minimum atomic E-state index is 0.230. The van der Waals surface area contributed by atoms with Crippen molar-refractivity contribution in [3.63, 3.8) is 0 Å². The Morgan fingerprint density at radius 3 is 1.20 bits per heavy atom. The van der Waals surface area contributed by atoms with Crippen molar-refractivity contribution in [2.45, 2.75) is 47.0 Å². The number of methoxy groups -OCH3 is 3. The van der Waals surface area contributed by atoms with E-state index in [1.165, 1.54) is 0 Å². The molecular weight excluding hydrogens is 328 g/mol. The second-order valence-electron chi connectivity index (χ2n) is 3.70. The maximum atomic E-state index is 8.12. The molecule has 7 nitrogen and oxygen atoms in total. The van der Waals surface area contributed by atoms with Crippen LogP contribution in [0.2, 0.25) is 0 Å². The summed E-state index contributed by atoms with van der Waals surface area (Å²) in [7, 11) is 4.98. The van der Waals surface area contributed by atoms with Crippen LogP contribution in [0.4, 0.5) is 0 Å². The second-order valence-corrected chi connectivity index (χ2v) is 3.70. The van der Waals surface area contributed by atoms with Gasteiger partial charge < -0.3 is 33.6 Å². The zero-order valence-corrected chi connectivity index (χ0v) is 17.7. The van der Waals surface area contributed by atoms with Gasteiger partial charge in [0.05, 0.1) is 13.2 Å². The summed E-state index contributed by atoms with van der Waals surface area (Å²) in [4.78, 5) is 8.00. The summed E-state index contributed by atoms with van der Waals surface area (Å²) < 4.78 is 24.7. The van der Waals surface area contributed by atoms with Gasteiger partial charge in [0.25, 0.3) is 0 Å². The highest BCUT2D eigenvalue weighted by Crippen LogP contribution is 1.87. The summed E-state index contributed by atoms with van der Waals surface area (Å²) in [5.74, 6) is 0. The van der Waals surface area contributed by atoms with Gasteiger partial charge >= 0.3 is 0 Å². The molecule has 0 unspecified atom stereocenters. The molecule has 7 heteroatoms. The highest BCUT2D eigenvalue weighted by molar-refractivity contribution is 5.10. The van der Waals surface area contributed by atoms with Crippen LogP contribution in [0.5, 0.6) is 0 Å². The zero-order valence-electron chi connectivity index (χ0n) is 17.7. The molecule has 0 rings (SSSR count). The molecule has 0 atom stereocenters. The second kappa shape index (κ2) is 56.6. The number of rotatable bonds is 13. The van der Waals surface area contributed by atoms with Crippen LogP contribution < -0.4 is 0 Å². The van der Waals surface area contributed by atoms with Gasteiger partial charge in [0.2, 0.25) is 0 Å². The highest BCUT2D eigenvalue weighted by atomic mass is 16.7. The van der Waals surface area contributed by atoms with E-state index in [1.54, 1.807) is 21.3 Å². The van der Waals surface area contributed by atoms with Gasteiger partial charge in [0.15, 0.2) is 0 Å². The van der Waals surface area contributed by atoms with Crippen LogP contribution in [0.3, 0.4) is 0 Å². The lowest BCUT2D eigenvalue weighted by Gasteiger charge is -2.04. The molecular formula is C18H44O7. The van der Waals surface area contributed by atoms with E-state index in [4.69, 9.17) is 28.8 Å². The molecule has 0 spiro atoms. The summed E-state index contributed by atoms with van der Waals surface area (Å²) in [5.41, 5.74) is 0. The number of ether oxygens (including phenoxy) is 5. The number of aliphatic hydroxyl groups is 1. The van der Waals surface area contributed by atoms with E-state index in [0.29, 0.717) is 26.6 Å². The van der Waals surface area contributed by atoms with Crippen molar-refractivity contribution in [2.75, 3.05) is 67.8 Å². The van der Waals surface area contributed by atoms with Crippen molar-refractivity contribution in [1.82, 2.24) is 0 Å². The van der Waals surface area contributed by atoms with Crippen molar-refractivity contribution >= 4 is 6.79 Å². The zero-order chi connectivity index (χ0) is 20.6. The van der Waals surface area contributed by atoms with Crippen molar-refractivity contribution in [2.24, 2.45) is 0 Å². The van der Waals surface area contributed by atoms with Gasteiger partial charge in [-0.15, -0.1) is 0 Å². The number of hydrogen-bond acceptors (Lipinski definition) is 7. The first-order chi connectivity index (χ1) is 12.3. The van der Waals surface area contributed by atoms with Crippen molar-refractivity contribution in [3.8, 4) is 0 Å². The Morgan fingerprint density at radius 2 is 0.960 bits per heavy atom. The van der Waals surface area contributed by atoms with Crippen LogP contribution in [-0.2, 0) is 28.5 Å². The summed E-state index contributed by atoms with van der Waals surface area (Å²) >= 11 is 0. The van der Waals surface area contributed by atoms with Crippen LogP contribution in [-0.4, -0.2) is 79.7 Å². The number of aliphatic hydroxyl groups excluding tert-OH is 1. The molecule has 0 saturated heterocycles. The van der Waals surface area contributed by atoms with Crippen LogP contribution in [0.1, 0.15) is 47.0 Å². The molecule has 158 valence electrons. The van der Waals surface area contributed by atoms with Gasteiger partial charge in [0, 0.05) is 47.8 Å². The van der Waals surface area contributed by atoms with Gasteiger partial charge in [-0.3, -0.25) is 0 Å². The molecule has 0 aliphatic carbocycles. The maximum absolute atomic E-state index is 8.12. The summed E-state index contributed by atoms with van der Waals surface area (Å²) in [6, 6.07) is 0. The largest absolute Gasteiger partial charge is 0.396 e. The first-order valence-electron chi connectivity index (χ1n) is 8.85. The van der Waals surface area contributed by atoms with Crippen LogP contribution in [0.15, 0.2) is 0 Å². The molecule has 0 aliphatic rings. The van der Waals surface area contributed by atoms with Crippen molar-refractivity contribution < 1.29 is 33.6 Å². The summed E-state index contributed by atoms with van der Waals surface area (Å²) in [5, 5.41) is 8.12. The smallest absolute Gasteiger partial charge is 0.146 e. The Bertz CT molecular complexity index is 135. The van der Waals surface area contributed by atoms with Crippen LogP contribution in [0.25, 0.3) is 0 Å². The molecule has 25 heavy (non-hydrogen) atoms. The van der Waals surface area contributed by atoms with Gasteiger partial charge in [-0.25, -0.2) is 0 Å². The van der Waals surface area contributed by atoms with Crippen LogP contribution in [0, 0.1) is 0 Å². The molecule has 0 radical (unpaired) electrons. The Hall–Kier alpha value is -0.570. The van der Waals surface area contributed by atoms with E-state index in [2.05, 4.69) is 4.74 Å². The highest BCUT2D eigenvalue weighted by Gasteiger charge is 1.89. The third-order valence-electron chi connectivity index (χ3n) is 1.95. The molecule has 0 aromatic rings. The van der Waals surface area contributed by atoms with E-state index in [0.717, 1.165) is 32.5 Å². The summed E-state index contributed by atoms with van der Waals surface area (Å²) in [6.45, 7) is 14.1. The lowest BCUT2D eigenvalue weighted by atomic mass is 10.5. The lowest BCUT2D eigenvalue weighted by Crippen LogP contribution is -2.05. The Labute approximate surface area is 155 Å².